The molecule has 0 unspecified atom stereocenters. The number of nitrogens with one attached hydrogen (secondary N) is 1. The lowest BCUT2D eigenvalue weighted by Gasteiger charge is -2.28. The van der Waals surface area contributed by atoms with Gasteiger partial charge in [-0.05, 0) is 12.1 Å². The Bertz CT molecular complexity index is 660. The second-order valence-electron chi connectivity index (χ2n) is 4.89. The van der Waals surface area contributed by atoms with Crippen LogP contribution in [0.5, 0.6) is 5.88 Å². The van der Waals surface area contributed by atoms with Crippen molar-refractivity contribution in [2.75, 3.05) is 31.1 Å². The second kappa shape index (κ2) is 6.83. The van der Waals surface area contributed by atoms with E-state index in [1.54, 1.807) is 24.5 Å². The van der Waals surface area contributed by atoms with Crippen LogP contribution in [-0.2, 0) is 6.61 Å². The Hall–Kier alpha value is -2.72. The highest BCUT2D eigenvalue weighted by molar-refractivity contribution is 5.38. The van der Waals surface area contributed by atoms with E-state index in [-0.39, 0.29) is 0 Å². The van der Waals surface area contributed by atoms with Gasteiger partial charge in [-0.3, -0.25) is 9.97 Å². The topological polar surface area (TPSA) is 87.0 Å². The molecule has 7 heteroatoms. The Morgan fingerprint density at radius 3 is 2.82 bits per heavy atom. The number of ether oxygens (including phenoxy) is 1. The molecular formula is C15H16N6O. The van der Waals surface area contributed by atoms with E-state index in [1.165, 1.54) is 6.20 Å². The first-order valence-electron chi connectivity index (χ1n) is 7.11. The summed E-state index contributed by atoms with van der Waals surface area (Å²) in [5.74, 6) is 1.30. The number of piperazine rings is 1. The Morgan fingerprint density at radius 1 is 1.23 bits per heavy atom. The fourth-order valence-corrected chi connectivity index (χ4v) is 2.18. The van der Waals surface area contributed by atoms with Gasteiger partial charge in [-0.1, -0.05) is 0 Å². The van der Waals surface area contributed by atoms with Crippen LogP contribution in [0.25, 0.3) is 0 Å². The number of nitriles is 1. The van der Waals surface area contributed by atoms with Gasteiger partial charge in [0.25, 0.3) is 0 Å². The van der Waals surface area contributed by atoms with Crippen molar-refractivity contribution >= 4 is 5.82 Å². The zero-order chi connectivity index (χ0) is 15.2. The maximum absolute atomic E-state index is 8.74. The summed E-state index contributed by atoms with van der Waals surface area (Å²) in [6, 6.07) is 5.52. The van der Waals surface area contributed by atoms with E-state index in [0.717, 1.165) is 37.7 Å². The van der Waals surface area contributed by atoms with E-state index in [2.05, 4.69) is 25.2 Å². The van der Waals surface area contributed by atoms with Crippen molar-refractivity contribution in [3.8, 4) is 11.9 Å². The van der Waals surface area contributed by atoms with Gasteiger partial charge in [-0.2, -0.15) is 10.2 Å². The van der Waals surface area contributed by atoms with E-state index in [0.29, 0.717) is 18.1 Å². The summed E-state index contributed by atoms with van der Waals surface area (Å²) in [4.78, 5) is 15.0. The quantitative estimate of drug-likeness (QED) is 0.890. The van der Waals surface area contributed by atoms with Crippen molar-refractivity contribution in [3.63, 3.8) is 0 Å². The lowest BCUT2D eigenvalue weighted by Crippen LogP contribution is -2.43. The third-order valence-electron chi connectivity index (χ3n) is 3.36. The lowest BCUT2D eigenvalue weighted by molar-refractivity contribution is 0.288. The smallest absolute Gasteiger partial charge is 0.234 e. The summed E-state index contributed by atoms with van der Waals surface area (Å²) in [6.07, 6.45) is 4.87. The molecule has 0 saturated carbocycles. The fraction of sp³-hybridized carbons (Fsp3) is 0.333. The van der Waals surface area contributed by atoms with E-state index in [4.69, 9.17) is 10.00 Å². The Kier molecular flexibility index (Phi) is 4.41. The number of anilines is 1. The summed E-state index contributed by atoms with van der Waals surface area (Å²) >= 11 is 0. The van der Waals surface area contributed by atoms with Gasteiger partial charge < -0.3 is 15.0 Å². The normalized spacial score (nSPS) is 14.4. The number of rotatable bonds is 4. The molecule has 0 aliphatic carbocycles. The minimum Gasteiger partial charge on any atom is -0.470 e. The SMILES string of the molecule is N#Cc1ccc(COc2cncc(N3CCNCC3)n2)nc1. The van der Waals surface area contributed by atoms with Crippen molar-refractivity contribution in [1.82, 2.24) is 20.3 Å². The summed E-state index contributed by atoms with van der Waals surface area (Å²) in [6.45, 7) is 4.01. The van der Waals surface area contributed by atoms with Crippen LogP contribution in [0.4, 0.5) is 5.82 Å². The number of nitrogens with zero attached hydrogens (tertiary/aromatic N) is 5. The molecule has 112 valence electrons. The molecule has 0 amide bonds. The fourth-order valence-electron chi connectivity index (χ4n) is 2.18. The first kappa shape index (κ1) is 14.2. The van der Waals surface area contributed by atoms with Crippen molar-refractivity contribution in [1.29, 1.82) is 5.26 Å². The van der Waals surface area contributed by atoms with Gasteiger partial charge in [0.05, 0.1) is 23.7 Å². The molecule has 22 heavy (non-hydrogen) atoms. The van der Waals surface area contributed by atoms with Gasteiger partial charge in [0.2, 0.25) is 5.88 Å². The number of hydrogen-bond acceptors (Lipinski definition) is 7. The van der Waals surface area contributed by atoms with Crippen molar-refractivity contribution in [2.45, 2.75) is 6.61 Å². The van der Waals surface area contributed by atoms with E-state index >= 15 is 0 Å². The van der Waals surface area contributed by atoms with Gasteiger partial charge in [0.15, 0.2) is 5.82 Å². The molecule has 1 aliphatic heterocycles. The van der Waals surface area contributed by atoms with Crippen LogP contribution in [0, 0.1) is 11.3 Å². The average molecular weight is 296 g/mol. The standard InChI is InChI=1S/C15H16N6O/c16-7-12-1-2-13(19-8-12)11-22-15-10-18-9-14(20-15)21-5-3-17-4-6-21/h1-2,8-10,17H,3-6,11H2. The highest BCUT2D eigenvalue weighted by Crippen LogP contribution is 2.15. The van der Waals surface area contributed by atoms with Gasteiger partial charge in [-0.25, -0.2) is 0 Å². The Morgan fingerprint density at radius 2 is 2.09 bits per heavy atom. The lowest BCUT2D eigenvalue weighted by atomic mass is 10.3. The highest BCUT2D eigenvalue weighted by Gasteiger charge is 2.12. The molecule has 2 aromatic rings. The monoisotopic (exact) mass is 296 g/mol. The molecule has 3 rings (SSSR count). The van der Waals surface area contributed by atoms with Crippen LogP contribution in [0.2, 0.25) is 0 Å². The Labute approximate surface area is 128 Å². The minimum absolute atomic E-state index is 0.297. The van der Waals surface area contributed by atoms with Gasteiger partial charge >= 0.3 is 0 Å². The number of aromatic nitrogens is 3. The van der Waals surface area contributed by atoms with Gasteiger partial charge in [0.1, 0.15) is 12.7 Å². The van der Waals surface area contributed by atoms with Crippen LogP contribution in [0.3, 0.4) is 0 Å². The van der Waals surface area contributed by atoms with Gasteiger partial charge in [0, 0.05) is 32.4 Å². The molecule has 0 radical (unpaired) electrons. The molecule has 1 fully saturated rings. The summed E-state index contributed by atoms with van der Waals surface area (Å²) in [5.41, 5.74) is 1.28. The van der Waals surface area contributed by atoms with Crippen LogP contribution in [-0.4, -0.2) is 41.1 Å². The molecule has 0 bridgehead atoms. The molecule has 7 nitrogen and oxygen atoms in total. The molecule has 0 atom stereocenters. The van der Waals surface area contributed by atoms with Crippen molar-refractivity contribution in [2.24, 2.45) is 0 Å². The average Bonchev–Trinajstić information content (AvgIpc) is 2.61. The van der Waals surface area contributed by atoms with Crippen LogP contribution >= 0.6 is 0 Å². The molecule has 0 spiro atoms. The molecule has 1 saturated heterocycles. The zero-order valence-corrected chi connectivity index (χ0v) is 12.1. The third-order valence-corrected chi connectivity index (χ3v) is 3.36. The predicted octanol–water partition coefficient (Wildman–Crippen LogP) is 0.732. The van der Waals surface area contributed by atoms with Crippen LogP contribution in [0.15, 0.2) is 30.7 Å². The first-order chi connectivity index (χ1) is 10.8. The zero-order valence-electron chi connectivity index (χ0n) is 12.1. The molecule has 1 aliphatic rings. The third kappa shape index (κ3) is 3.48. The van der Waals surface area contributed by atoms with Crippen molar-refractivity contribution in [3.05, 3.63) is 42.0 Å². The molecule has 2 aromatic heterocycles. The minimum atomic E-state index is 0.297. The van der Waals surface area contributed by atoms with Crippen LogP contribution in [0.1, 0.15) is 11.3 Å². The number of hydrogen-bond donors (Lipinski definition) is 1. The van der Waals surface area contributed by atoms with E-state index < -0.39 is 0 Å². The highest BCUT2D eigenvalue weighted by atomic mass is 16.5. The van der Waals surface area contributed by atoms with E-state index in [1.807, 2.05) is 6.07 Å². The maximum Gasteiger partial charge on any atom is 0.234 e. The predicted molar refractivity (Wildman–Crippen MR) is 80.4 cm³/mol. The van der Waals surface area contributed by atoms with Crippen LogP contribution < -0.4 is 15.0 Å². The summed E-state index contributed by atoms with van der Waals surface area (Å²) in [7, 11) is 0. The molecule has 1 N–H and O–H groups in total. The van der Waals surface area contributed by atoms with Gasteiger partial charge in [-0.15, -0.1) is 0 Å². The molecule has 0 aromatic carbocycles. The second-order valence-corrected chi connectivity index (χ2v) is 4.89. The largest absolute Gasteiger partial charge is 0.470 e. The summed E-state index contributed by atoms with van der Waals surface area (Å²) < 4.78 is 5.64. The Balaban J connectivity index is 1.63. The van der Waals surface area contributed by atoms with E-state index in [9.17, 15) is 0 Å². The maximum atomic E-state index is 8.74. The number of pyridine rings is 1. The summed E-state index contributed by atoms with van der Waals surface area (Å²) in [5, 5.41) is 12.0. The first-order valence-corrected chi connectivity index (χ1v) is 7.11. The molecule has 3 heterocycles. The van der Waals surface area contributed by atoms with Crippen molar-refractivity contribution < 1.29 is 4.74 Å². The molecular weight excluding hydrogens is 280 g/mol.